The van der Waals surface area contributed by atoms with Crippen molar-refractivity contribution in [2.75, 3.05) is 32.8 Å². The van der Waals surface area contributed by atoms with Crippen LogP contribution in [0.15, 0.2) is 0 Å². The zero-order chi connectivity index (χ0) is 12.8. The van der Waals surface area contributed by atoms with E-state index in [4.69, 9.17) is 16.2 Å². The van der Waals surface area contributed by atoms with Crippen LogP contribution in [0.25, 0.3) is 0 Å². The fraction of sp³-hybridized carbons (Fsp3) is 0.700. The van der Waals surface area contributed by atoms with Gasteiger partial charge in [0.2, 0.25) is 11.8 Å². The zero-order valence-electron chi connectivity index (χ0n) is 9.55. The molecule has 1 aliphatic rings. The van der Waals surface area contributed by atoms with Crippen molar-refractivity contribution in [2.24, 2.45) is 17.4 Å². The van der Waals surface area contributed by atoms with Gasteiger partial charge in [-0.3, -0.25) is 19.3 Å². The van der Waals surface area contributed by atoms with E-state index < -0.39 is 11.8 Å². The monoisotopic (exact) mass is 243 g/mol. The predicted octanol–water partition coefficient (Wildman–Crippen LogP) is -2.14. The van der Waals surface area contributed by atoms with Crippen LogP contribution in [0.4, 0.5) is 0 Å². The number of hydrogen-bond donors (Lipinski definition) is 2. The Kier molecular flexibility index (Phi) is 5.05. The molecule has 0 bridgehead atoms. The Hall–Kier alpha value is -1.47. The van der Waals surface area contributed by atoms with E-state index in [1.807, 2.05) is 0 Å². The van der Waals surface area contributed by atoms with Crippen molar-refractivity contribution in [3.63, 3.8) is 0 Å². The van der Waals surface area contributed by atoms with Crippen LogP contribution in [0.5, 0.6) is 0 Å². The second kappa shape index (κ2) is 6.31. The molecule has 0 spiro atoms. The summed E-state index contributed by atoms with van der Waals surface area (Å²) in [6.45, 7) is 0.673. The summed E-state index contributed by atoms with van der Waals surface area (Å²) in [6, 6.07) is 0. The minimum atomic E-state index is -0.596. The Bertz CT molecular complexity index is 297. The summed E-state index contributed by atoms with van der Waals surface area (Å²) in [5.74, 6) is -1.40. The molecule has 2 amide bonds. The van der Waals surface area contributed by atoms with Crippen molar-refractivity contribution in [2.45, 2.75) is 6.42 Å². The minimum absolute atomic E-state index is 0.0000926. The van der Waals surface area contributed by atoms with Crippen LogP contribution in [0, 0.1) is 5.92 Å². The van der Waals surface area contributed by atoms with Gasteiger partial charge in [0, 0.05) is 12.5 Å². The number of ketones is 1. The molecule has 1 aliphatic heterocycles. The minimum Gasteiger partial charge on any atom is -0.381 e. The first kappa shape index (κ1) is 13.6. The Morgan fingerprint density at radius 3 is 2.12 bits per heavy atom. The number of ether oxygens (including phenoxy) is 1. The first-order valence-corrected chi connectivity index (χ1v) is 5.38. The molecule has 0 radical (unpaired) electrons. The highest BCUT2D eigenvalue weighted by Crippen LogP contribution is 2.13. The van der Waals surface area contributed by atoms with Crippen LogP contribution in [0.1, 0.15) is 6.42 Å². The van der Waals surface area contributed by atoms with E-state index in [1.54, 1.807) is 0 Å². The van der Waals surface area contributed by atoms with Crippen LogP contribution in [-0.4, -0.2) is 55.3 Å². The van der Waals surface area contributed by atoms with Gasteiger partial charge in [0.05, 0.1) is 26.2 Å². The maximum Gasteiger partial charge on any atom is 0.231 e. The van der Waals surface area contributed by atoms with Crippen molar-refractivity contribution < 1.29 is 19.1 Å². The van der Waals surface area contributed by atoms with Gasteiger partial charge in [-0.05, 0) is 6.42 Å². The van der Waals surface area contributed by atoms with Gasteiger partial charge in [0.25, 0.3) is 0 Å². The third kappa shape index (κ3) is 4.92. The van der Waals surface area contributed by atoms with E-state index in [0.29, 0.717) is 19.6 Å². The number of Topliss-reactive ketones (excluding diaryl/α,β-unsaturated/α-hetero) is 1. The summed E-state index contributed by atoms with van der Waals surface area (Å²) < 4.78 is 5.10. The number of rotatable bonds is 7. The number of amides is 2. The molecule has 96 valence electrons. The van der Waals surface area contributed by atoms with Gasteiger partial charge in [-0.25, -0.2) is 0 Å². The molecule has 7 nitrogen and oxygen atoms in total. The summed E-state index contributed by atoms with van der Waals surface area (Å²) in [5.41, 5.74) is 10.1. The first-order chi connectivity index (χ1) is 7.99. The zero-order valence-corrected chi connectivity index (χ0v) is 9.55. The molecule has 17 heavy (non-hydrogen) atoms. The van der Waals surface area contributed by atoms with E-state index in [0.717, 1.165) is 0 Å². The highest BCUT2D eigenvalue weighted by Gasteiger charge is 2.25. The van der Waals surface area contributed by atoms with E-state index in [9.17, 15) is 14.4 Å². The highest BCUT2D eigenvalue weighted by molar-refractivity contribution is 5.85. The summed E-state index contributed by atoms with van der Waals surface area (Å²) in [5, 5.41) is 0. The highest BCUT2D eigenvalue weighted by atomic mass is 16.5. The molecule has 0 aliphatic carbocycles. The smallest absolute Gasteiger partial charge is 0.231 e. The maximum atomic E-state index is 11.8. The topological polar surface area (TPSA) is 116 Å². The lowest BCUT2D eigenvalue weighted by molar-refractivity contribution is -0.126. The van der Waals surface area contributed by atoms with Crippen LogP contribution < -0.4 is 11.5 Å². The molecule has 4 N–H and O–H groups in total. The number of nitrogens with zero attached hydrogens (tertiary/aromatic N) is 1. The fourth-order valence-corrected chi connectivity index (χ4v) is 1.75. The first-order valence-electron chi connectivity index (χ1n) is 5.38. The summed E-state index contributed by atoms with van der Waals surface area (Å²) in [6.07, 6.45) is 0.680. The summed E-state index contributed by atoms with van der Waals surface area (Å²) in [7, 11) is 0. The molecule has 0 aromatic heterocycles. The Morgan fingerprint density at radius 1 is 1.12 bits per heavy atom. The van der Waals surface area contributed by atoms with E-state index in [1.165, 1.54) is 4.90 Å². The molecular weight excluding hydrogens is 226 g/mol. The number of nitrogens with two attached hydrogens (primary N) is 2. The molecule has 1 unspecified atom stereocenters. The number of carbonyl (C=O) groups is 3. The van der Waals surface area contributed by atoms with Crippen LogP contribution in [-0.2, 0) is 19.1 Å². The van der Waals surface area contributed by atoms with Crippen LogP contribution in [0.3, 0.4) is 0 Å². The van der Waals surface area contributed by atoms with E-state index in [2.05, 4.69) is 0 Å². The van der Waals surface area contributed by atoms with Gasteiger partial charge in [0.1, 0.15) is 0 Å². The quantitative estimate of drug-likeness (QED) is 0.529. The lowest BCUT2D eigenvalue weighted by Gasteiger charge is -2.19. The van der Waals surface area contributed by atoms with Gasteiger partial charge in [-0.2, -0.15) is 0 Å². The summed E-state index contributed by atoms with van der Waals surface area (Å²) >= 11 is 0. The second-order valence-corrected chi connectivity index (χ2v) is 4.10. The van der Waals surface area contributed by atoms with E-state index in [-0.39, 0.29) is 31.3 Å². The van der Waals surface area contributed by atoms with Gasteiger partial charge in [-0.15, -0.1) is 0 Å². The van der Waals surface area contributed by atoms with Gasteiger partial charge in [0.15, 0.2) is 5.78 Å². The van der Waals surface area contributed by atoms with Crippen molar-refractivity contribution in [3.8, 4) is 0 Å². The molecule has 1 saturated heterocycles. The fourth-order valence-electron chi connectivity index (χ4n) is 1.75. The third-order valence-corrected chi connectivity index (χ3v) is 2.52. The predicted molar refractivity (Wildman–Crippen MR) is 58.8 cm³/mol. The van der Waals surface area contributed by atoms with Crippen molar-refractivity contribution >= 4 is 17.6 Å². The van der Waals surface area contributed by atoms with Gasteiger partial charge >= 0.3 is 0 Å². The maximum absolute atomic E-state index is 11.8. The molecule has 1 rings (SSSR count). The second-order valence-electron chi connectivity index (χ2n) is 4.10. The summed E-state index contributed by atoms with van der Waals surface area (Å²) in [4.78, 5) is 34.7. The Labute approximate surface area is 99.1 Å². The molecule has 1 heterocycles. The lowest BCUT2D eigenvalue weighted by Crippen LogP contribution is -2.43. The van der Waals surface area contributed by atoms with Crippen molar-refractivity contribution in [1.82, 2.24) is 4.90 Å². The average molecular weight is 243 g/mol. The molecular formula is C10H17N3O4. The molecule has 7 heteroatoms. The molecule has 1 fully saturated rings. The van der Waals surface area contributed by atoms with Crippen molar-refractivity contribution in [1.29, 1.82) is 0 Å². The van der Waals surface area contributed by atoms with Crippen LogP contribution in [0.2, 0.25) is 0 Å². The average Bonchev–Trinajstić information content (AvgIpc) is 2.67. The third-order valence-electron chi connectivity index (χ3n) is 2.52. The van der Waals surface area contributed by atoms with Crippen molar-refractivity contribution in [3.05, 3.63) is 0 Å². The normalized spacial score (nSPS) is 19.5. The number of carbonyl (C=O) groups excluding carboxylic acids is 3. The largest absolute Gasteiger partial charge is 0.381 e. The molecule has 0 aromatic rings. The van der Waals surface area contributed by atoms with Crippen LogP contribution >= 0.6 is 0 Å². The standard InChI is InChI=1S/C10H17N3O4/c11-9(15)4-13(5-10(12)16)3-8(14)7-1-2-17-6-7/h7H,1-6H2,(H2,11,15)(H2,12,16). The molecule has 1 atom stereocenters. The Morgan fingerprint density at radius 2 is 1.71 bits per heavy atom. The SMILES string of the molecule is NC(=O)CN(CC(N)=O)CC(=O)C1CCOC1. The van der Waals surface area contributed by atoms with Gasteiger partial charge < -0.3 is 16.2 Å². The number of hydrogen-bond acceptors (Lipinski definition) is 5. The Balaban J connectivity index is 2.48. The molecule has 0 aromatic carbocycles. The number of primary amides is 2. The lowest BCUT2D eigenvalue weighted by atomic mass is 10.0. The van der Waals surface area contributed by atoms with E-state index >= 15 is 0 Å². The van der Waals surface area contributed by atoms with Gasteiger partial charge in [-0.1, -0.05) is 0 Å². The molecule has 0 saturated carbocycles.